The standard InChI is InChI=1S/C15H28N4S/c1-11(2)8-12-14(9-16-3)20-15(17-12)13-10-18(4)6-7-19(13)5/h11,13,16H,6-10H2,1-5H3. The Morgan fingerprint density at radius 1 is 1.35 bits per heavy atom. The largest absolute Gasteiger partial charge is 0.315 e. The Morgan fingerprint density at radius 2 is 2.10 bits per heavy atom. The number of nitrogens with zero attached hydrogens (tertiary/aromatic N) is 3. The maximum absolute atomic E-state index is 4.99. The molecule has 2 heterocycles. The second-order valence-electron chi connectivity index (χ2n) is 6.31. The molecule has 0 aromatic carbocycles. The van der Waals surface area contributed by atoms with Gasteiger partial charge in [0.2, 0.25) is 0 Å². The van der Waals surface area contributed by atoms with Gasteiger partial charge in [0.25, 0.3) is 0 Å². The molecule has 1 aromatic heterocycles. The SMILES string of the molecule is CNCc1sc(C2CN(C)CCN2C)nc1CC(C)C. The maximum Gasteiger partial charge on any atom is 0.112 e. The van der Waals surface area contributed by atoms with E-state index in [9.17, 15) is 0 Å². The van der Waals surface area contributed by atoms with Crippen molar-refractivity contribution in [2.24, 2.45) is 5.92 Å². The van der Waals surface area contributed by atoms with Crippen LogP contribution in [0.5, 0.6) is 0 Å². The van der Waals surface area contributed by atoms with Crippen molar-refractivity contribution in [2.45, 2.75) is 32.9 Å². The van der Waals surface area contributed by atoms with E-state index >= 15 is 0 Å². The molecule has 1 aliphatic heterocycles. The minimum Gasteiger partial charge on any atom is -0.315 e. The number of hydrogen-bond acceptors (Lipinski definition) is 5. The first-order chi connectivity index (χ1) is 9.51. The van der Waals surface area contributed by atoms with E-state index < -0.39 is 0 Å². The van der Waals surface area contributed by atoms with Crippen molar-refractivity contribution in [3.8, 4) is 0 Å². The van der Waals surface area contributed by atoms with Gasteiger partial charge in [-0.3, -0.25) is 4.90 Å². The molecule has 20 heavy (non-hydrogen) atoms. The third-order valence-electron chi connectivity index (χ3n) is 3.87. The molecule has 0 bridgehead atoms. The molecular formula is C15H28N4S. The molecule has 1 atom stereocenters. The molecule has 114 valence electrons. The van der Waals surface area contributed by atoms with Gasteiger partial charge in [0, 0.05) is 31.1 Å². The van der Waals surface area contributed by atoms with Gasteiger partial charge >= 0.3 is 0 Å². The van der Waals surface area contributed by atoms with Crippen LogP contribution in [0.25, 0.3) is 0 Å². The zero-order chi connectivity index (χ0) is 14.7. The first-order valence-electron chi connectivity index (χ1n) is 7.53. The summed E-state index contributed by atoms with van der Waals surface area (Å²) in [6, 6.07) is 0.454. The first kappa shape index (κ1) is 15.9. The highest BCUT2D eigenvalue weighted by molar-refractivity contribution is 7.11. The fourth-order valence-corrected chi connectivity index (χ4v) is 3.93. The Balaban J connectivity index is 2.22. The van der Waals surface area contributed by atoms with Gasteiger partial charge in [0.1, 0.15) is 5.01 Å². The predicted molar refractivity (Wildman–Crippen MR) is 86.3 cm³/mol. The van der Waals surface area contributed by atoms with Gasteiger partial charge in [-0.05, 0) is 33.5 Å². The van der Waals surface area contributed by atoms with Crippen molar-refractivity contribution in [1.29, 1.82) is 0 Å². The van der Waals surface area contributed by atoms with E-state index in [0.29, 0.717) is 12.0 Å². The zero-order valence-corrected chi connectivity index (χ0v) is 14.3. The number of rotatable bonds is 5. The van der Waals surface area contributed by atoms with Crippen LogP contribution >= 0.6 is 11.3 Å². The van der Waals surface area contributed by atoms with Crippen LogP contribution in [-0.4, -0.2) is 55.6 Å². The lowest BCUT2D eigenvalue weighted by Crippen LogP contribution is -2.44. The number of hydrogen-bond donors (Lipinski definition) is 1. The average Bonchev–Trinajstić information content (AvgIpc) is 2.75. The van der Waals surface area contributed by atoms with Crippen LogP contribution in [0.2, 0.25) is 0 Å². The van der Waals surface area contributed by atoms with Crippen molar-refractivity contribution < 1.29 is 0 Å². The molecule has 4 nitrogen and oxygen atoms in total. The summed E-state index contributed by atoms with van der Waals surface area (Å²) in [4.78, 5) is 11.3. The molecule has 1 fully saturated rings. The summed E-state index contributed by atoms with van der Waals surface area (Å²) in [6.45, 7) is 8.84. The highest BCUT2D eigenvalue weighted by atomic mass is 32.1. The second-order valence-corrected chi connectivity index (χ2v) is 7.42. The van der Waals surface area contributed by atoms with Gasteiger partial charge in [-0.25, -0.2) is 4.98 Å². The molecule has 0 aliphatic carbocycles. The fourth-order valence-electron chi connectivity index (χ4n) is 2.67. The van der Waals surface area contributed by atoms with Gasteiger partial charge in [0.05, 0.1) is 11.7 Å². The highest BCUT2D eigenvalue weighted by Gasteiger charge is 2.27. The summed E-state index contributed by atoms with van der Waals surface area (Å²) in [5, 5.41) is 4.57. The molecule has 0 radical (unpaired) electrons. The first-order valence-corrected chi connectivity index (χ1v) is 8.34. The third-order valence-corrected chi connectivity index (χ3v) is 5.07. The van der Waals surface area contributed by atoms with E-state index in [1.54, 1.807) is 0 Å². The molecule has 1 unspecified atom stereocenters. The molecule has 0 saturated carbocycles. The van der Waals surface area contributed by atoms with Crippen LogP contribution in [0.4, 0.5) is 0 Å². The average molecular weight is 296 g/mol. The fraction of sp³-hybridized carbons (Fsp3) is 0.800. The molecule has 2 rings (SSSR count). The lowest BCUT2D eigenvalue weighted by molar-refractivity contribution is 0.115. The van der Waals surface area contributed by atoms with Gasteiger partial charge in [-0.15, -0.1) is 11.3 Å². The minimum absolute atomic E-state index is 0.454. The second kappa shape index (κ2) is 6.98. The molecule has 0 spiro atoms. The van der Waals surface area contributed by atoms with Crippen LogP contribution in [-0.2, 0) is 13.0 Å². The van der Waals surface area contributed by atoms with Crippen molar-refractivity contribution in [3.63, 3.8) is 0 Å². The molecule has 1 aliphatic rings. The van der Waals surface area contributed by atoms with Gasteiger partial charge in [0.15, 0.2) is 0 Å². The van der Waals surface area contributed by atoms with E-state index in [1.807, 2.05) is 18.4 Å². The number of aromatic nitrogens is 1. The Labute approximate surface area is 127 Å². The van der Waals surface area contributed by atoms with Crippen LogP contribution in [0.15, 0.2) is 0 Å². The number of piperazine rings is 1. The van der Waals surface area contributed by atoms with Crippen molar-refractivity contribution >= 4 is 11.3 Å². The highest BCUT2D eigenvalue weighted by Crippen LogP contribution is 2.30. The topological polar surface area (TPSA) is 31.4 Å². The smallest absolute Gasteiger partial charge is 0.112 e. The van der Waals surface area contributed by atoms with Crippen molar-refractivity contribution in [3.05, 3.63) is 15.6 Å². The van der Waals surface area contributed by atoms with E-state index in [1.165, 1.54) is 15.6 Å². The Morgan fingerprint density at radius 3 is 2.75 bits per heavy atom. The lowest BCUT2D eigenvalue weighted by atomic mass is 10.1. The summed E-state index contributed by atoms with van der Waals surface area (Å²) in [7, 11) is 6.44. The summed E-state index contributed by atoms with van der Waals surface area (Å²) >= 11 is 1.90. The summed E-state index contributed by atoms with van der Waals surface area (Å²) in [5.41, 5.74) is 1.30. The Bertz CT molecular complexity index is 430. The Hall–Kier alpha value is -0.490. The van der Waals surface area contributed by atoms with Gasteiger partial charge < -0.3 is 10.2 Å². The van der Waals surface area contributed by atoms with E-state index in [-0.39, 0.29) is 0 Å². The molecule has 0 amide bonds. The molecule has 5 heteroatoms. The molecule has 1 aromatic rings. The van der Waals surface area contributed by atoms with Crippen LogP contribution in [0.3, 0.4) is 0 Å². The molecular weight excluding hydrogens is 268 g/mol. The number of likely N-dealkylation sites (N-methyl/N-ethyl adjacent to an activating group) is 2. The van der Waals surface area contributed by atoms with Crippen molar-refractivity contribution in [1.82, 2.24) is 20.1 Å². The monoisotopic (exact) mass is 296 g/mol. The van der Waals surface area contributed by atoms with Crippen LogP contribution < -0.4 is 5.32 Å². The quantitative estimate of drug-likeness (QED) is 0.900. The third kappa shape index (κ3) is 3.79. The minimum atomic E-state index is 0.454. The van der Waals surface area contributed by atoms with Crippen LogP contribution in [0.1, 0.15) is 35.5 Å². The van der Waals surface area contributed by atoms with Gasteiger partial charge in [-0.1, -0.05) is 13.8 Å². The molecule has 1 N–H and O–H groups in total. The summed E-state index contributed by atoms with van der Waals surface area (Å²) < 4.78 is 0. The predicted octanol–water partition coefficient (Wildman–Crippen LogP) is 1.98. The van der Waals surface area contributed by atoms with Crippen LogP contribution in [0, 0.1) is 5.92 Å². The Kier molecular flexibility index (Phi) is 5.55. The lowest BCUT2D eigenvalue weighted by Gasteiger charge is -2.36. The normalized spacial score (nSPS) is 21.8. The zero-order valence-electron chi connectivity index (χ0n) is 13.4. The van der Waals surface area contributed by atoms with E-state index in [0.717, 1.165) is 32.6 Å². The molecule has 1 saturated heterocycles. The van der Waals surface area contributed by atoms with Gasteiger partial charge in [-0.2, -0.15) is 0 Å². The number of nitrogens with one attached hydrogen (secondary N) is 1. The summed E-state index contributed by atoms with van der Waals surface area (Å²) in [6.07, 6.45) is 1.08. The van der Waals surface area contributed by atoms with Crippen molar-refractivity contribution in [2.75, 3.05) is 40.8 Å². The van der Waals surface area contributed by atoms with E-state index in [2.05, 4.69) is 43.1 Å². The van der Waals surface area contributed by atoms with E-state index in [4.69, 9.17) is 4.98 Å². The maximum atomic E-state index is 4.99. The summed E-state index contributed by atoms with van der Waals surface area (Å²) in [5.74, 6) is 0.660. The number of thiazole rings is 1.